The lowest BCUT2D eigenvalue weighted by atomic mass is 10.0. The van der Waals surface area contributed by atoms with Gasteiger partial charge in [0.1, 0.15) is 17.6 Å². The molecule has 1 aliphatic rings. The Morgan fingerprint density at radius 3 is 2.65 bits per heavy atom. The van der Waals surface area contributed by atoms with Crippen LogP contribution in [0.4, 0.5) is 0 Å². The topological polar surface area (TPSA) is 153 Å². The number of nitrogens with one attached hydrogen (secondary N) is 2. The Hall–Kier alpha value is -5.33. The summed E-state index contributed by atoms with van der Waals surface area (Å²) in [5.74, 6) is 0.0598. The third-order valence-corrected chi connectivity index (χ3v) is 7.50. The third-order valence-electron chi connectivity index (χ3n) is 7.50. The Balaban J connectivity index is 1.43. The van der Waals surface area contributed by atoms with E-state index in [0.717, 1.165) is 11.3 Å². The molecule has 4 aromatic rings. The van der Waals surface area contributed by atoms with Crippen molar-refractivity contribution in [2.45, 2.75) is 45.7 Å². The fourth-order valence-electron chi connectivity index (χ4n) is 5.25. The van der Waals surface area contributed by atoms with Crippen molar-refractivity contribution >= 4 is 17.7 Å². The van der Waals surface area contributed by atoms with E-state index in [9.17, 15) is 14.4 Å². The van der Waals surface area contributed by atoms with Gasteiger partial charge in [-0.2, -0.15) is 0 Å². The van der Waals surface area contributed by atoms with Crippen LogP contribution in [0.5, 0.6) is 11.5 Å². The lowest BCUT2D eigenvalue weighted by Gasteiger charge is -2.24. The highest BCUT2D eigenvalue weighted by molar-refractivity contribution is 6.00. The van der Waals surface area contributed by atoms with Crippen molar-refractivity contribution in [1.82, 2.24) is 40.5 Å². The van der Waals surface area contributed by atoms with Gasteiger partial charge >= 0.3 is 0 Å². The van der Waals surface area contributed by atoms with Gasteiger partial charge in [-0.25, -0.2) is 9.97 Å². The van der Waals surface area contributed by atoms with Crippen molar-refractivity contribution in [1.29, 1.82) is 0 Å². The van der Waals surface area contributed by atoms with E-state index in [1.165, 1.54) is 7.11 Å². The molecule has 3 heterocycles. The molecule has 13 heteroatoms. The van der Waals surface area contributed by atoms with E-state index in [2.05, 4.69) is 30.9 Å². The Kier molecular flexibility index (Phi) is 10.5. The average Bonchev–Trinajstić information content (AvgIpc) is 3.51. The molecule has 2 N–H and O–H groups in total. The van der Waals surface area contributed by atoms with Gasteiger partial charge in [0, 0.05) is 57.3 Å². The minimum Gasteiger partial charge on any atom is -0.493 e. The Morgan fingerprint density at radius 1 is 1.04 bits per heavy atom. The summed E-state index contributed by atoms with van der Waals surface area (Å²) < 4.78 is 13.3. The number of methoxy groups -OCH3 is 1. The zero-order chi connectivity index (χ0) is 32.5. The lowest BCUT2D eigenvalue weighted by Crippen LogP contribution is -2.50. The van der Waals surface area contributed by atoms with Crippen LogP contribution < -0.4 is 20.1 Å². The molecule has 1 atom stereocenters. The number of fused-ring (bicyclic) bond motifs is 3. The molecule has 5 rings (SSSR count). The molecule has 2 aromatic carbocycles. The number of hydrogen-bond acceptors (Lipinski definition) is 9. The van der Waals surface area contributed by atoms with Crippen LogP contribution in [0.2, 0.25) is 0 Å². The molecule has 240 valence electrons. The summed E-state index contributed by atoms with van der Waals surface area (Å²) in [6.07, 6.45) is 3.14. The van der Waals surface area contributed by atoms with Gasteiger partial charge in [-0.15, -0.1) is 5.10 Å². The predicted molar refractivity (Wildman–Crippen MR) is 169 cm³/mol. The fraction of sp³-hybridized carbons (Fsp3) is 0.364. The second-order valence-corrected chi connectivity index (χ2v) is 11.0. The van der Waals surface area contributed by atoms with Crippen LogP contribution in [0, 0.1) is 13.8 Å². The lowest BCUT2D eigenvalue weighted by molar-refractivity contribution is -0.123. The van der Waals surface area contributed by atoms with E-state index >= 15 is 0 Å². The van der Waals surface area contributed by atoms with Gasteiger partial charge in [-0.1, -0.05) is 41.6 Å². The van der Waals surface area contributed by atoms with Crippen molar-refractivity contribution < 1.29 is 23.9 Å². The van der Waals surface area contributed by atoms with Crippen LogP contribution >= 0.6 is 0 Å². The normalized spacial score (nSPS) is 16.5. The molecule has 2 aromatic heterocycles. The highest BCUT2D eigenvalue weighted by Crippen LogP contribution is 2.31. The van der Waals surface area contributed by atoms with Crippen LogP contribution in [0.3, 0.4) is 0 Å². The molecular formula is C33H38N8O5. The number of nitrogens with zero attached hydrogens (tertiary/aromatic N) is 6. The molecule has 3 amide bonds. The zero-order valence-electron chi connectivity index (χ0n) is 26.2. The Labute approximate surface area is 267 Å². The molecule has 0 saturated heterocycles. The molecule has 2 bridgehead atoms. The maximum absolute atomic E-state index is 13.7. The standard InChI is InChI=1S/C33H38N8O5/c1-22-19-28(36-23(2)35-22)33(44)40-16-13-25-21-41(39-38-25)15-8-18-46-30-26(11-7-12-29(30)45-3)31(42)37-27(32(43)34-14-17-40)20-24-9-5-4-6-10-24/h4-7,9-12,19,21,27H,8,13-18,20H2,1-3H3,(H,34,43)(H,37,42)/t27-/m0/s1. The number of rotatable bonds is 4. The van der Waals surface area contributed by atoms with E-state index in [1.54, 1.807) is 40.8 Å². The first kappa shape index (κ1) is 32.1. The van der Waals surface area contributed by atoms with Crippen molar-refractivity contribution in [3.63, 3.8) is 0 Å². The quantitative estimate of drug-likeness (QED) is 0.348. The van der Waals surface area contributed by atoms with Crippen molar-refractivity contribution in [2.75, 3.05) is 33.4 Å². The molecule has 0 saturated carbocycles. The highest BCUT2D eigenvalue weighted by atomic mass is 16.5. The number of benzene rings is 2. The van der Waals surface area contributed by atoms with E-state index in [-0.39, 0.29) is 49.2 Å². The van der Waals surface area contributed by atoms with Crippen molar-refractivity contribution in [3.05, 3.63) is 94.8 Å². The largest absolute Gasteiger partial charge is 0.493 e. The number of aromatic nitrogens is 5. The summed E-state index contributed by atoms with van der Waals surface area (Å²) >= 11 is 0. The molecule has 46 heavy (non-hydrogen) atoms. The second kappa shape index (κ2) is 15.1. The summed E-state index contributed by atoms with van der Waals surface area (Å²) in [4.78, 5) is 51.2. The maximum atomic E-state index is 13.7. The molecular weight excluding hydrogens is 588 g/mol. The van der Waals surface area contributed by atoms with Crippen LogP contribution in [0.25, 0.3) is 0 Å². The molecule has 13 nitrogen and oxygen atoms in total. The van der Waals surface area contributed by atoms with E-state index in [0.29, 0.717) is 48.9 Å². The van der Waals surface area contributed by atoms with Gasteiger partial charge in [0.25, 0.3) is 11.8 Å². The van der Waals surface area contributed by atoms with Gasteiger partial charge in [0.2, 0.25) is 5.91 Å². The van der Waals surface area contributed by atoms with Crippen LogP contribution in [0.15, 0.2) is 60.8 Å². The smallest absolute Gasteiger partial charge is 0.272 e. The maximum Gasteiger partial charge on any atom is 0.272 e. The second-order valence-electron chi connectivity index (χ2n) is 11.0. The van der Waals surface area contributed by atoms with Crippen LogP contribution in [0.1, 0.15) is 50.0 Å². The van der Waals surface area contributed by atoms with Crippen molar-refractivity contribution in [3.8, 4) is 11.5 Å². The number of ether oxygens (including phenoxy) is 2. The number of hydrogen-bond donors (Lipinski definition) is 2. The van der Waals surface area contributed by atoms with Gasteiger partial charge in [0.15, 0.2) is 11.5 Å². The van der Waals surface area contributed by atoms with Gasteiger partial charge in [0.05, 0.1) is 25.0 Å². The Bertz CT molecular complexity index is 1660. The molecule has 1 aliphatic heterocycles. The minimum atomic E-state index is -0.901. The summed E-state index contributed by atoms with van der Waals surface area (Å²) in [6.45, 7) is 5.05. The molecule has 0 fully saturated rings. The minimum absolute atomic E-state index is 0.148. The van der Waals surface area contributed by atoms with Crippen LogP contribution in [-0.4, -0.2) is 87.0 Å². The molecule has 0 radical (unpaired) electrons. The van der Waals surface area contributed by atoms with E-state index < -0.39 is 11.9 Å². The first-order valence-electron chi connectivity index (χ1n) is 15.2. The SMILES string of the molecule is COc1cccc2c1OCCCn1cc(nn1)CCN(C(=O)c1cc(C)nc(C)n1)CCNC(=O)[C@H](Cc1ccccc1)NC2=O. The summed E-state index contributed by atoms with van der Waals surface area (Å²) in [5.41, 5.74) is 2.81. The molecule has 0 unspecified atom stereocenters. The summed E-state index contributed by atoms with van der Waals surface area (Å²) in [5, 5.41) is 14.3. The number of carbonyl (C=O) groups is 3. The summed E-state index contributed by atoms with van der Waals surface area (Å²) in [6, 6.07) is 15.3. The van der Waals surface area contributed by atoms with Crippen molar-refractivity contribution in [2.24, 2.45) is 0 Å². The number of para-hydroxylation sites is 1. The first-order chi connectivity index (χ1) is 22.3. The van der Waals surface area contributed by atoms with Gasteiger partial charge in [-0.3, -0.25) is 19.1 Å². The average molecular weight is 627 g/mol. The van der Waals surface area contributed by atoms with Gasteiger partial charge in [-0.05, 0) is 37.6 Å². The van der Waals surface area contributed by atoms with Crippen LogP contribution in [-0.2, 0) is 24.2 Å². The number of carbonyl (C=O) groups excluding carboxylic acids is 3. The predicted octanol–water partition coefficient (Wildman–Crippen LogP) is 2.32. The Morgan fingerprint density at radius 2 is 1.87 bits per heavy atom. The number of aryl methyl sites for hydroxylation is 3. The third kappa shape index (κ3) is 8.23. The highest BCUT2D eigenvalue weighted by Gasteiger charge is 2.26. The molecule has 0 aliphatic carbocycles. The first-order valence-corrected chi connectivity index (χ1v) is 15.2. The summed E-state index contributed by atoms with van der Waals surface area (Å²) in [7, 11) is 1.51. The van der Waals surface area contributed by atoms with E-state index in [4.69, 9.17) is 9.47 Å². The fourth-order valence-corrected chi connectivity index (χ4v) is 5.25. The van der Waals surface area contributed by atoms with Gasteiger partial charge < -0.3 is 25.0 Å². The van der Waals surface area contributed by atoms with E-state index in [1.807, 2.05) is 43.5 Å². The zero-order valence-corrected chi connectivity index (χ0v) is 26.2. The number of amides is 3. The monoisotopic (exact) mass is 626 g/mol. The molecule has 0 spiro atoms.